The first kappa shape index (κ1) is 107. The summed E-state index contributed by atoms with van der Waals surface area (Å²) in [6.45, 7) is 26.3. The molecule has 0 unspecified atom stereocenters. The van der Waals surface area contributed by atoms with Crippen LogP contribution >= 0.6 is 0 Å². The summed E-state index contributed by atoms with van der Waals surface area (Å²) < 4.78 is 0. The van der Waals surface area contributed by atoms with Crippen LogP contribution in [-0.2, 0) is 67.1 Å². The molecule has 0 heterocycles. The number of carbonyl (C=O) groups excluding carboxylic acids is 14. The van der Waals surface area contributed by atoms with Crippen molar-refractivity contribution in [1.82, 2.24) is 69.1 Å². The first-order chi connectivity index (χ1) is 54.6. The second kappa shape index (κ2) is 60.7. The molecule has 0 saturated heterocycles. The molecule has 20 atom stereocenters. The van der Waals surface area contributed by atoms with Gasteiger partial charge in [0.05, 0.1) is 6.54 Å². The minimum atomic E-state index is -1.32. The molecule has 664 valence electrons. The van der Waals surface area contributed by atoms with Crippen LogP contribution in [0.2, 0.25) is 0 Å². The zero-order valence-electron chi connectivity index (χ0n) is 72.0. The Kier molecular flexibility index (Phi) is 56.7. The molecule has 35 nitrogen and oxygen atoms in total. The van der Waals surface area contributed by atoms with E-state index in [9.17, 15) is 67.1 Å². The Hall–Kier alpha value is -7.70. The molecule has 0 saturated carbocycles. The zero-order valence-corrected chi connectivity index (χ0v) is 72.0. The lowest BCUT2D eigenvalue weighted by Gasteiger charge is -2.32. The van der Waals surface area contributed by atoms with Gasteiger partial charge in [-0.2, -0.15) is 0 Å². The summed E-state index contributed by atoms with van der Waals surface area (Å²) in [5.74, 6) is -13.2. The predicted molar refractivity (Wildman–Crippen MR) is 447 cm³/mol. The minimum absolute atomic E-state index is 0.0325. The van der Waals surface area contributed by atoms with Crippen LogP contribution in [0, 0.1) is 41.4 Å². The van der Waals surface area contributed by atoms with Gasteiger partial charge < -0.3 is 115 Å². The molecule has 0 aliphatic heterocycles. The third kappa shape index (κ3) is 39.9. The number of carbonyl (C=O) groups is 14. The summed E-state index contributed by atoms with van der Waals surface area (Å²) in [4.78, 5) is 200. The number of amides is 14. The minimum Gasteiger partial charge on any atom is -0.368 e. The second-order valence-corrected chi connectivity index (χ2v) is 31.3. The van der Waals surface area contributed by atoms with Crippen molar-refractivity contribution in [2.24, 2.45) is 87.3 Å². The van der Waals surface area contributed by atoms with E-state index in [1.807, 2.05) is 34.6 Å². The van der Waals surface area contributed by atoms with Gasteiger partial charge in [-0.25, -0.2) is 0 Å². The topological polar surface area (TPSA) is 604 Å². The van der Waals surface area contributed by atoms with Crippen molar-refractivity contribution in [1.29, 1.82) is 0 Å². The molecule has 0 aromatic rings. The number of unbranched alkanes of at least 4 members (excludes halogenated alkanes) is 6. The van der Waals surface area contributed by atoms with Crippen molar-refractivity contribution in [3.8, 4) is 0 Å². The van der Waals surface area contributed by atoms with E-state index in [1.165, 1.54) is 0 Å². The molecular weight excluding hydrogens is 1480 g/mol. The highest BCUT2D eigenvalue weighted by Gasteiger charge is 2.41. The standard InChI is InChI=1S/C80H155N21O14/c1-15-47(8)61(68(88)103)96-72(107)57(37-25-31-43-84)89-69(104)54(34-22-28-40-81)93-76(111)64(50(11)18-4)100-79(114)66(52(13)20-6)98-74(109)59(39-27-33-45-86)91-71(106)56(36-24-30-42-83)94-77(112)65(51(12)19-5)101-80(115)67(53(14)21-7)97-73(108)58(38-26-32-44-85)90-70(105)55(35-23-29-41-82)92-75(110)63(49(10)17-3)99-78(113)62(48(9)16-2)95-60(102)46-87/h47-59,61-67H,15-46,81-87H2,1-14H3,(H2,88,103)(H,89,104)(H,90,105)(H,91,106)(H,92,110)(H,93,111)(H,94,112)(H,95,102)(H,96,107)(H,97,108)(H,98,109)(H,99,113)(H,100,114)(H,101,115)/t47-,48-,49-,50-,51-,52-,53-,54-,55-,56-,57-,58-,59-,61-,62-,63-,64-,65-,66-,67-/m0/s1. The highest BCUT2D eigenvalue weighted by molar-refractivity contribution is 6.00. The van der Waals surface area contributed by atoms with Crippen LogP contribution in [0.1, 0.15) is 257 Å². The lowest BCUT2D eigenvalue weighted by Crippen LogP contribution is -2.63. The van der Waals surface area contributed by atoms with E-state index in [-0.39, 0.29) is 89.6 Å². The Morgan fingerprint density at radius 2 is 0.357 bits per heavy atom. The first-order valence-electron chi connectivity index (χ1n) is 42.7. The molecule has 115 heavy (non-hydrogen) atoms. The zero-order chi connectivity index (χ0) is 87.4. The van der Waals surface area contributed by atoms with Crippen molar-refractivity contribution in [2.75, 3.05) is 45.8 Å². The highest BCUT2D eigenvalue weighted by atomic mass is 16.2. The number of nitrogens with two attached hydrogens (primary N) is 8. The molecular formula is C80H155N21O14. The van der Waals surface area contributed by atoms with Crippen LogP contribution in [0.15, 0.2) is 0 Å². The molecule has 0 aliphatic carbocycles. The van der Waals surface area contributed by atoms with Crippen LogP contribution in [0.3, 0.4) is 0 Å². The number of primary amides is 1. The van der Waals surface area contributed by atoms with Crippen molar-refractivity contribution in [2.45, 2.75) is 336 Å². The molecule has 0 aliphatic rings. The Labute approximate surface area is 685 Å². The number of hydrogen-bond acceptors (Lipinski definition) is 21. The Bertz CT molecular complexity index is 2940. The van der Waals surface area contributed by atoms with E-state index < -0.39 is 191 Å². The fourth-order valence-corrected chi connectivity index (χ4v) is 12.8. The number of rotatable bonds is 65. The lowest BCUT2D eigenvalue weighted by molar-refractivity contribution is -0.137. The van der Waals surface area contributed by atoms with Crippen LogP contribution in [0.4, 0.5) is 0 Å². The normalized spacial score (nSPS) is 16.6. The molecule has 14 amide bonds. The van der Waals surface area contributed by atoms with Crippen LogP contribution in [0.25, 0.3) is 0 Å². The smallest absolute Gasteiger partial charge is 0.243 e. The van der Waals surface area contributed by atoms with Gasteiger partial charge in [0.15, 0.2) is 0 Å². The van der Waals surface area contributed by atoms with Crippen molar-refractivity contribution in [3.63, 3.8) is 0 Å². The van der Waals surface area contributed by atoms with Crippen LogP contribution in [-0.4, -0.2) is 207 Å². The third-order valence-electron chi connectivity index (χ3n) is 22.3. The van der Waals surface area contributed by atoms with Gasteiger partial charge in [-0.15, -0.1) is 0 Å². The van der Waals surface area contributed by atoms with E-state index in [2.05, 4.69) is 69.1 Å². The maximum Gasteiger partial charge on any atom is 0.243 e. The van der Waals surface area contributed by atoms with Gasteiger partial charge in [-0.1, -0.05) is 142 Å². The molecule has 0 aromatic carbocycles. The molecule has 29 N–H and O–H groups in total. The fraction of sp³-hybridized carbons (Fsp3) is 0.825. The Morgan fingerprint density at radius 1 is 0.209 bits per heavy atom. The third-order valence-corrected chi connectivity index (χ3v) is 22.3. The summed E-state index contributed by atoms with van der Waals surface area (Å²) in [6.07, 6.45) is 8.48. The van der Waals surface area contributed by atoms with Gasteiger partial charge in [0.25, 0.3) is 0 Å². The largest absolute Gasteiger partial charge is 0.368 e. The van der Waals surface area contributed by atoms with Crippen molar-refractivity contribution in [3.05, 3.63) is 0 Å². The molecule has 0 fully saturated rings. The lowest BCUT2D eigenvalue weighted by atomic mass is 9.94. The van der Waals surface area contributed by atoms with Gasteiger partial charge in [-0.05, 0) is 196 Å². The molecule has 0 spiro atoms. The van der Waals surface area contributed by atoms with Crippen molar-refractivity contribution >= 4 is 82.7 Å². The van der Waals surface area contributed by atoms with Crippen molar-refractivity contribution < 1.29 is 67.1 Å². The average molecular weight is 1640 g/mol. The van der Waals surface area contributed by atoms with E-state index in [1.54, 1.807) is 62.3 Å². The highest BCUT2D eigenvalue weighted by Crippen LogP contribution is 2.20. The maximum atomic E-state index is 14.9. The van der Waals surface area contributed by atoms with E-state index >= 15 is 0 Å². The Balaban J connectivity index is 7.43. The molecule has 0 rings (SSSR count). The second-order valence-electron chi connectivity index (χ2n) is 31.3. The van der Waals surface area contributed by atoms with E-state index in [0.717, 1.165) is 0 Å². The summed E-state index contributed by atoms with van der Waals surface area (Å²) in [6, 6.07) is -15.8. The van der Waals surface area contributed by atoms with E-state index in [4.69, 9.17) is 45.9 Å². The molecule has 35 heteroatoms. The van der Waals surface area contributed by atoms with Gasteiger partial charge in [0.1, 0.15) is 78.5 Å². The predicted octanol–water partition coefficient (Wildman–Crippen LogP) is -0.170. The fourth-order valence-electron chi connectivity index (χ4n) is 12.8. The van der Waals surface area contributed by atoms with Crippen LogP contribution in [0.5, 0.6) is 0 Å². The summed E-state index contributed by atoms with van der Waals surface area (Å²) in [7, 11) is 0. The monoisotopic (exact) mass is 1630 g/mol. The first-order valence-corrected chi connectivity index (χ1v) is 42.7. The number of nitrogens with one attached hydrogen (secondary N) is 13. The van der Waals surface area contributed by atoms with E-state index in [0.29, 0.717) is 129 Å². The maximum absolute atomic E-state index is 14.9. The summed E-state index contributed by atoms with van der Waals surface area (Å²) in [5, 5.41) is 36.5. The van der Waals surface area contributed by atoms with Gasteiger partial charge in [-0.3, -0.25) is 67.1 Å². The van der Waals surface area contributed by atoms with Gasteiger partial charge in [0, 0.05) is 0 Å². The van der Waals surface area contributed by atoms with Gasteiger partial charge >= 0.3 is 0 Å². The quantitative estimate of drug-likeness (QED) is 0.0352. The van der Waals surface area contributed by atoms with Crippen LogP contribution < -0.4 is 115 Å². The number of hydrogen-bond donors (Lipinski definition) is 21. The SMILES string of the molecule is CC[C@H](C)[C@H](NC(=O)[C@H](CCCCN)NC(=O)[C@H](CCCCN)NC(=O)[C@@H](NC(=O)[C@@H](NC(=O)[C@H](CCCCN)NC(=O)[C@H](CCCCN)NC(=O)[C@@H](NC(=O)[C@@H](NC(=O)[C@H](CCCCN)NC(=O)[C@H](CCCCN)NC(=O)[C@@H](NC(=O)[C@@H](NC(=O)CN)[C@@H](C)CC)[C@@H](C)CC)[C@@H](C)CC)[C@@H](C)CC)[C@@H](C)CC)[C@@H](C)CC)C(N)=O. The Morgan fingerprint density at radius 3 is 0.530 bits per heavy atom. The summed E-state index contributed by atoms with van der Waals surface area (Å²) in [5.41, 5.74) is 46.5. The molecule has 0 bridgehead atoms. The van der Waals surface area contributed by atoms with Gasteiger partial charge in [0.2, 0.25) is 82.7 Å². The summed E-state index contributed by atoms with van der Waals surface area (Å²) >= 11 is 0. The average Bonchev–Trinajstić information content (AvgIpc) is 0.846. The molecule has 0 aromatic heterocycles. The molecule has 0 radical (unpaired) electrons.